The Morgan fingerprint density at radius 1 is 1.04 bits per heavy atom. The molecule has 0 unspecified atom stereocenters. The van der Waals surface area contributed by atoms with E-state index in [1.807, 2.05) is 19.1 Å². The molecule has 26 heavy (non-hydrogen) atoms. The Kier molecular flexibility index (Phi) is 4.93. The first-order valence-corrected chi connectivity index (χ1v) is 7.96. The maximum atomic E-state index is 12.3. The molecule has 2 aromatic rings. The molecule has 134 valence electrons. The molecular weight excluding hydrogens is 334 g/mol. The van der Waals surface area contributed by atoms with Gasteiger partial charge in [0.05, 0.1) is 26.9 Å². The van der Waals surface area contributed by atoms with Crippen LogP contribution in [0.4, 0.5) is 0 Å². The van der Waals surface area contributed by atoms with Crippen LogP contribution in [0.5, 0.6) is 17.2 Å². The molecule has 0 bridgehead atoms. The second-order valence-corrected chi connectivity index (χ2v) is 5.60. The first kappa shape index (κ1) is 17.5. The predicted octanol–water partition coefficient (Wildman–Crippen LogP) is 3.37. The third kappa shape index (κ3) is 3.26. The van der Waals surface area contributed by atoms with E-state index in [-0.39, 0.29) is 11.6 Å². The Bertz CT molecular complexity index is 914. The molecule has 0 atom stereocenters. The van der Waals surface area contributed by atoms with Crippen LogP contribution in [-0.2, 0) is 9.53 Å². The molecule has 1 aliphatic rings. The number of methoxy groups -OCH3 is 3. The number of hydrogen-bond acceptors (Lipinski definition) is 6. The van der Waals surface area contributed by atoms with Gasteiger partial charge in [0.15, 0.2) is 5.70 Å². The average Bonchev–Trinajstić information content (AvgIpc) is 3.01. The minimum absolute atomic E-state index is 0.176. The summed E-state index contributed by atoms with van der Waals surface area (Å²) in [6.07, 6.45) is 1.61. The quantitative estimate of drug-likeness (QED) is 0.609. The van der Waals surface area contributed by atoms with Crippen LogP contribution in [0, 0.1) is 6.92 Å². The highest BCUT2D eigenvalue weighted by Crippen LogP contribution is 2.30. The van der Waals surface area contributed by atoms with Crippen LogP contribution >= 0.6 is 0 Å². The maximum Gasteiger partial charge on any atom is 0.363 e. The Morgan fingerprint density at radius 3 is 2.54 bits per heavy atom. The average molecular weight is 353 g/mol. The number of ether oxygens (including phenoxy) is 4. The van der Waals surface area contributed by atoms with Gasteiger partial charge < -0.3 is 18.9 Å². The molecule has 1 aliphatic heterocycles. The Balaban J connectivity index is 2.04. The van der Waals surface area contributed by atoms with Gasteiger partial charge in [0, 0.05) is 5.56 Å². The molecule has 3 rings (SSSR count). The van der Waals surface area contributed by atoms with Gasteiger partial charge in [0.25, 0.3) is 0 Å². The number of aryl methyl sites for hydroxylation is 1. The second-order valence-electron chi connectivity index (χ2n) is 5.60. The number of aliphatic imine (C=N–C) groups is 1. The van der Waals surface area contributed by atoms with Crippen LogP contribution < -0.4 is 14.2 Å². The van der Waals surface area contributed by atoms with Crippen molar-refractivity contribution in [2.24, 2.45) is 4.99 Å². The van der Waals surface area contributed by atoms with Crippen LogP contribution in [0.2, 0.25) is 0 Å². The molecule has 0 radical (unpaired) electrons. The Labute approximate surface area is 151 Å². The summed E-state index contributed by atoms with van der Waals surface area (Å²) >= 11 is 0. The fraction of sp³-hybridized carbons (Fsp3) is 0.200. The molecule has 6 heteroatoms. The molecule has 0 aliphatic carbocycles. The smallest absolute Gasteiger partial charge is 0.363 e. The monoisotopic (exact) mass is 353 g/mol. The van der Waals surface area contributed by atoms with Gasteiger partial charge in [-0.15, -0.1) is 0 Å². The molecular formula is C20H19NO5. The predicted molar refractivity (Wildman–Crippen MR) is 97.9 cm³/mol. The minimum atomic E-state index is -0.534. The molecule has 0 amide bonds. The van der Waals surface area contributed by atoms with Crippen molar-refractivity contribution in [3.63, 3.8) is 0 Å². The van der Waals surface area contributed by atoms with E-state index in [4.69, 9.17) is 18.9 Å². The first-order chi connectivity index (χ1) is 12.6. The van der Waals surface area contributed by atoms with Crippen molar-refractivity contribution in [3.8, 4) is 17.2 Å². The van der Waals surface area contributed by atoms with E-state index < -0.39 is 5.97 Å². The van der Waals surface area contributed by atoms with Gasteiger partial charge in [-0.1, -0.05) is 12.1 Å². The number of carbonyl (C=O) groups excluding carboxylic acids is 1. The van der Waals surface area contributed by atoms with Crippen LogP contribution in [0.3, 0.4) is 0 Å². The molecule has 0 aromatic heterocycles. The number of cyclic esters (lactones) is 1. The van der Waals surface area contributed by atoms with Crippen molar-refractivity contribution < 1.29 is 23.7 Å². The largest absolute Gasteiger partial charge is 0.497 e. The van der Waals surface area contributed by atoms with Crippen molar-refractivity contribution in [2.45, 2.75) is 6.92 Å². The van der Waals surface area contributed by atoms with Gasteiger partial charge in [-0.2, -0.15) is 0 Å². The van der Waals surface area contributed by atoms with Gasteiger partial charge in [0.1, 0.15) is 17.2 Å². The molecule has 0 saturated heterocycles. The van der Waals surface area contributed by atoms with E-state index in [9.17, 15) is 4.79 Å². The number of para-hydroxylation sites is 1. The van der Waals surface area contributed by atoms with E-state index in [1.165, 1.54) is 0 Å². The topological polar surface area (TPSA) is 66.3 Å². The standard InChI is InChI=1S/C20H19NO5/c1-12-6-5-7-15(18(12)25-4)19-21-16(20(22)26-19)11-13-10-14(23-2)8-9-17(13)24-3/h5-11H,1-4H3. The fourth-order valence-electron chi connectivity index (χ4n) is 2.72. The zero-order chi connectivity index (χ0) is 18.7. The van der Waals surface area contributed by atoms with Gasteiger partial charge in [-0.05, 0) is 42.8 Å². The number of esters is 1. The number of rotatable bonds is 5. The molecule has 0 spiro atoms. The molecule has 2 aromatic carbocycles. The van der Waals surface area contributed by atoms with Gasteiger partial charge >= 0.3 is 5.97 Å². The summed E-state index contributed by atoms with van der Waals surface area (Å²) in [6, 6.07) is 10.9. The number of carbonyl (C=O) groups is 1. The third-order valence-corrected chi connectivity index (χ3v) is 4.00. The summed E-state index contributed by atoms with van der Waals surface area (Å²) in [5.74, 6) is 1.55. The maximum absolute atomic E-state index is 12.3. The second kappa shape index (κ2) is 7.31. The highest BCUT2D eigenvalue weighted by atomic mass is 16.6. The third-order valence-electron chi connectivity index (χ3n) is 4.00. The summed E-state index contributed by atoms with van der Waals surface area (Å²) in [7, 11) is 4.70. The van der Waals surface area contributed by atoms with Crippen LogP contribution in [0.1, 0.15) is 16.7 Å². The number of hydrogen-bond donors (Lipinski definition) is 0. The van der Waals surface area contributed by atoms with E-state index in [0.717, 1.165) is 5.56 Å². The fourth-order valence-corrected chi connectivity index (χ4v) is 2.72. The van der Waals surface area contributed by atoms with Crippen molar-refractivity contribution in [1.82, 2.24) is 0 Å². The number of benzene rings is 2. The minimum Gasteiger partial charge on any atom is -0.497 e. The van der Waals surface area contributed by atoms with Crippen molar-refractivity contribution in [3.05, 3.63) is 58.8 Å². The lowest BCUT2D eigenvalue weighted by Crippen LogP contribution is -2.07. The highest BCUT2D eigenvalue weighted by molar-refractivity contribution is 6.14. The summed E-state index contributed by atoms with van der Waals surface area (Å²) in [5.41, 5.74) is 2.40. The summed E-state index contributed by atoms with van der Waals surface area (Å²) in [6.45, 7) is 1.91. The number of nitrogens with zero attached hydrogens (tertiary/aromatic N) is 1. The Hall–Kier alpha value is -3.28. The van der Waals surface area contributed by atoms with Gasteiger partial charge in [-0.3, -0.25) is 0 Å². The van der Waals surface area contributed by atoms with E-state index in [2.05, 4.69) is 4.99 Å². The Morgan fingerprint density at radius 2 is 1.85 bits per heavy atom. The van der Waals surface area contributed by atoms with Crippen LogP contribution in [0.25, 0.3) is 6.08 Å². The zero-order valence-electron chi connectivity index (χ0n) is 15.0. The van der Waals surface area contributed by atoms with Gasteiger partial charge in [0.2, 0.25) is 5.90 Å². The van der Waals surface area contributed by atoms with E-state index >= 15 is 0 Å². The van der Waals surface area contributed by atoms with Crippen molar-refractivity contribution >= 4 is 17.9 Å². The summed E-state index contributed by atoms with van der Waals surface area (Å²) in [4.78, 5) is 16.6. The summed E-state index contributed by atoms with van der Waals surface area (Å²) < 4.78 is 21.3. The van der Waals surface area contributed by atoms with Crippen LogP contribution in [0.15, 0.2) is 47.1 Å². The highest BCUT2D eigenvalue weighted by Gasteiger charge is 2.27. The van der Waals surface area contributed by atoms with E-state index in [0.29, 0.717) is 28.4 Å². The molecule has 1 heterocycles. The van der Waals surface area contributed by atoms with Gasteiger partial charge in [-0.25, -0.2) is 9.79 Å². The lowest BCUT2D eigenvalue weighted by molar-refractivity contribution is -0.129. The molecule has 0 saturated carbocycles. The summed E-state index contributed by atoms with van der Waals surface area (Å²) in [5, 5.41) is 0. The van der Waals surface area contributed by atoms with Crippen molar-refractivity contribution in [2.75, 3.05) is 21.3 Å². The van der Waals surface area contributed by atoms with Crippen molar-refractivity contribution in [1.29, 1.82) is 0 Å². The van der Waals surface area contributed by atoms with E-state index in [1.54, 1.807) is 51.7 Å². The van der Waals surface area contributed by atoms with Crippen LogP contribution in [-0.4, -0.2) is 33.2 Å². The first-order valence-electron chi connectivity index (χ1n) is 7.96. The lowest BCUT2D eigenvalue weighted by atomic mass is 10.1. The molecule has 6 nitrogen and oxygen atoms in total. The molecule has 0 fully saturated rings. The lowest BCUT2D eigenvalue weighted by Gasteiger charge is -2.09. The molecule has 0 N–H and O–H groups in total. The normalized spacial score (nSPS) is 14.8. The SMILES string of the molecule is COc1ccc(OC)c(C=C2N=C(c3cccc(C)c3OC)OC2=O)c1. The zero-order valence-corrected chi connectivity index (χ0v) is 15.0.